The highest BCUT2D eigenvalue weighted by atomic mass is 16.6. The number of nitro benzene ring substituents is 1. The number of nitrogens with one attached hydrogen (secondary N) is 1. The Labute approximate surface area is 144 Å². The van der Waals surface area contributed by atoms with Crippen LogP contribution in [0.15, 0.2) is 18.2 Å². The SMILES string of the molecule is O=C(CN1C(=O)c2ccc([N+](=O)[O-])cc2C1=O)NCC1CCCCC1. The fourth-order valence-electron chi connectivity index (χ4n) is 3.38. The number of rotatable bonds is 5. The van der Waals surface area contributed by atoms with Crippen molar-refractivity contribution < 1.29 is 19.3 Å². The third-order valence-corrected chi connectivity index (χ3v) is 4.78. The van der Waals surface area contributed by atoms with E-state index in [-0.39, 0.29) is 23.4 Å². The molecule has 0 radical (unpaired) electrons. The number of nitro groups is 1. The largest absolute Gasteiger partial charge is 0.354 e. The molecule has 2 aliphatic rings. The first kappa shape index (κ1) is 17.1. The van der Waals surface area contributed by atoms with Crippen LogP contribution in [0.5, 0.6) is 0 Å². The lowest BCUT2D eigenvalue weighted by molar-refractivity contribution is -0.384. The summed E-state index contributed by atoms with van der Waals surface area (Å²) in [6, 6.07) is 3.51. The fourth-order valence-corrected chi connectivity index (χ4v) is 3.38. The van der Waals surface area contributed by atoms with Crippen molar-refractivity contribution in [1.82, 2.24) is 10.2 Å². The molecule has 1 aromatic rings. The number of carbonyl (C=O) groups is 3. The Bertz CT molecular complexity index is 740. The van der Waals surface area contributed by atoms with Gasteiger partial charge < -0.3 is 5.32 Å². The summed E-state index contributed by atoms with van der Waals surface area (Å²) in [5, 5.41) is 13.6. The van der Waals surface area contributed by atoms with Crippen molar-refractivity contribution in [3.63, 3.8) is 0 Å². The van der Waals surface area contributed by atoms with Gasteiger partial charge in [-0.3, -0.25) is 29.4 Å². The minimum atomic E-state index is -0.670. The first-order chi connectivity index (χ1) is 12.0. The Balaban J connectivity index is 1.63. The zero-order chi connectivity index (χ0) is 18.0. The summed E-state index contributed by atoms with van der Waals surface area (Å²) in [5.74, 6) is -1.21. The maximum absolute atomic E-state index is 12.3. The quantitative estimate of drug-likeness (QED) is 0.498. The third-order valence-electron chi connectivity index (χ3n) is 4.78. The predicted octanol–water partition coefficient (Wildman–Crippen LogP) is 1.89. The van der Waals surface area contributed by atoms with Crippen LogP contribution < -0.4 is 5.32 Å². The van der Waals surface area contributed by atoms with Gasteiger partial charge in [0.15, 0.2) is 0 Å². The van der Waals surface area contributed by atoms with E-state index in [1.54, 1.807) is 0 Å². The lowest BCUT2D eigenvalue weighted by Crippen LogP contribution is -2.41. The van der Waals surface area contributed by atoms with Crippen LogP contribution in [0.2, 0.25) is 0 Å². The summed E-state index contributed by atoms with van der Waals surface area (Å²) >= 11 is 0. The van der Waals surface area contributed by atoms with E-state index < -0.39 is 22.6 Å². The summed E-state index contributed by atoms with van der Waals surface area (Å²) in [4.78, 5) is 47.7. The number of non-ortho nitro benzene ring substituents is 1. The number of imide groups is 1. The van der Waals surface area contributed by atoms with Gasteiger partial charge in [-0.25, -0.2) is 0 Å². The van der Waals surface area contributed by atoms with Crippen LogP contribution in [-0.4, -0.2) is 40.6 Å². The van der Waals surface area contributed by atoms with Crippen LogP contribution >= 0.6 is 0 Å². The minimum Gasteiger partial charge on any atom is -0.354 e. The lowest BCUT2D eigenvalue weighted by Gasteiger charge is -2.22. The van der Waals surface area contributed by atoms with Crippen LogP contribution in [0.3, 0.4) is 0 Å². The van der Waals surface area contributed by atoms with Crippen molar-refractivity contribution >= 4 is 23.4 Å². The van der Waals surface area contributed by atoms with Gasteiger partial charge in [0.2, 0.25) is 5.91 Å². The molecule has 3 rings (SSSR count). The number of amides is 3. The standard InChI is InChI=1S/C17H19N3O5/c21-15(18-9-11-4-2-1-3-5-11)10-19-16(22)13-7-6-12(20(24)25)8-14(13)17(19)23/h6-8,11H,1-5,9-10H2,(H,18,21). The average molecular weight is 345 g/mol. The normalized spacial score (nSPS) is 17.5. The fraction of sp³-hybridized carbons (Fsp3) is 0.471. The van der Waals surface area contributed by atoms with Crippen molar-refractivity contribution in [1.29, 1.82) is 0 Å². The van der Waals surface area contributed by atoms with Gasteiger partial charge in [-0.05, 0) is 24.8 Å². The molecule has 0 atom stereocenters. The van der Waals surface area contributed by atoms with Crippen LogP contribution in [0.4, 0.5) is 5.69 Å². The van der Waals surface area contributed by atoms with Crippen LogP contribution in [0.1, 0.15) is 52.8 Å². The van der Waals surface area contributed by atoms with E-state index in [1.807, 2.05) is 0 Å². The zero-order valence-corrected chi connectivity index (χ0v) is 13.7. The molecule has 132 valence electrons. The smallest absolute Gasteiger partial charge is 0.270 e. The molecule has 1 aliphatic heterocycles. The van der Waals surface area contributed by atoms with E-state index in [4.69, 9.17) is 0 Å². The highest BCUT2D eigenvalue weighted by molar-refractivity contribution is 6.22. The Kier molecular flexibility index (Phi) is 4.78. The molecule has 1 saturated carbocycles. The van der Waals surface area contributed by atoms with Crippen LogP contribution in [0, 0.1) is 16.0 Å². The van der Waals surface area contributed by atoms with Gasteiger partial charge in [-0.1, -0.05) is 19.3 Å². The molecular formula is C17H19N3O5. The Hall–Kier alpha value is -2.77. The Morgan fingerprint density at radius 3 is 2.52 bits per heavy atom. The second-order valence-corrected chi connectivity index (χ2v) is 6.49. The number of hydrogen-bond acceptors (Lipinski definition) is 5. The number of benzene rings is 1. The molecule has 1 aliphatic carbocycles. The molecule has 8 nitrogen and oxygen atoms in total. The molecule has 1 heterocycles. The van der Waals surface area contributed by atoms with Crippen molar-refractivity contribution in [3.8, 4) is 0 Å². The number of hydrogen-bond donors (Lipinski definition) is 1. The van der Waals surface area contributed by atoms with E-state index in [1.165, 1.54) is 18.6 Å². The maximum atomic E-state index is 12.3. The van der Waals surface area contributed by atoms with E-state index in [9.17, 15) is 24.5 Å². The van der Waals surface area contributed by atoms with Crippen molar-refractivity contribution in [3.05, 3.63) is 39.4 Å². The number of carbonyl (C=O) groups excluding carboxylic acids is 3. The topological polar surface area (TPSA) is 110 Å². The maximum Gasteiger partial charge on any atom is 0.270 e. The van der Waals surface area contributed by atoms with E-state index in [0.29, 0.717) is 12.5 Å². The van der Waals surface area contributed by atoms with Gasteiger partial charge in [0.05, 0.1) is 16.1 Å². The van der Waals surface area contributed by atoms with E-state index >= 15 is 0 Å². The van der Waals surface area contributed by atoms with Crippen molar-refractivity contribution in [2.24, 2.45) is 5.92 Å². The Morgan fingerprint density at radius 2 is 1.84 bits per heavy atom. The molecule has 0 saturated heterocycles. The summed E-state index contributed by atoms with van der Waals surface area (Å²) in [6.45, 7) is 0.181. The van der Waals surface area contributed by atoms with Crippen LogP contribution in [-0.2, 0) is 4.79 Å². The van der Waals surface area contributed by atoms with Crippen molar-refractivity contribution in [2.75, 3.05) is 13.1 Å². The van der Waals surface area contributed by atoms with E-state index in [0.717, 1.165) is 36.6 Å². The molecule has 1 N–H and O–H groups in total. The summed E-state index contributed by atoms with van der Waals surface area (Å²) in [7, 11) is 0. The van der Waals surface area contributed by atoms with Gasteiger partial charge in [0, 0.05) is 18.7 Å². The van der Waals surface area contributed by atoms with E-state index in [2.05, 4.69) is 5.32 Å². The molecule has 0 bridgehead atoms. The predicted molar refractivity (Wildman–Crippen MR) is 88.0 cm³/mol. The molecular weight excluding hydrogens is 326 g/mol. The minimum absolute atomic E-state index is 0.0284. The molecule has 1 aromatic carbocycles. The Morgan fingerprint density at radius 1 is 1.16 bits per heavy atom. The monoisotopic (exact) mass is 345 g/mol. The molecule has 8 heteroatoms. The summed E-state index contributed by atoms with van der Waals surface area (Å²) in [5.41, 5.74) is -0.196. The average Bonchev–Trinajstić information content (AvgIpc) is 2.85. The van der Waals surface area contributed by atoms with Crippen molar-refractivity contribution in [2.45, 2.75) is 32.1 Å². The molecule has 0 spiro atoms. The van der Waals surface area contributed by atoms with Gasteiger partial charge in [-0.15, -0.1) is 0 Å². The van der Waals surface area contributed by atoms with Gasteiger partial charge in [0.1, 0.15) is 6.54 Å². The third kappa shape index (κ3) is 3.52. The van der Waals surface area contributed by atoms with Gasteiger partial charge >= 0.3 is 0 Å². The lowest BCUT2D eigenvalue weighted by atomic mass is 9.89. The van der Waals surface area contributed by atoms with Gasteiger partial charge in [0.25, 0.3) is 17.5 Å². The zero-order valence-electron chi connectivity index (χ0n) is 13.7. The van der Waals surface area contributed by atoms with Crippen LogP contribution in [0.25, 0.3) is 0 Å². The first-order valence-electron chi connectivity index (χ1n) is 8.38. The number of fused-ring (bicyclic) bond motifs is 1. The molecule has 25 heavy (non-hydrogen) atoms. The molecule has 0 aromatic heterocycles. The summed E-state index contributed by atoms with van der Waals surface area (Å²) < 4.78 is 0. The molecule has 0 unspecified atom stereocenters. The second-order valence-electron chi connectivity index (χ2n) is 6.49. The molecule has 3 amide bonds. The van der Waals surface area contributed by atoms with Gasteiger partial charge in [-0.2, -0.15) is 0 Å². The highest BCUT2D eigenvalue weighted by Gasteiger charge is 2.37. The summed E-state index contributed by atoms with van der Waals surface area (Å²) in [6.07, 6.45) is 5.72. The molecule has 1 fully saturated rings. The second kappa shape index (κ2) is 7.00. The number of nitrogens with zero attached hydrogens (tertiary/aromatic N) is 2. The first-order valence-corrected chi connectivity index (χ1v) is 8.38. The highest BCUT2D eigenvalue weighted by Crippen LogP contribution is 2.26.